The SMILES string of the molecule is Clc1ccccc1CSc1ncc(-c2ccccc2)[nH]1. The van der Waals surface area contributed by atoms with Gasteiger partial charge < -0.3 is 4.98 Å². The topological polar surface area (TPSA) is 28.7 Å². The van der Waals surface area contributed by atoms with Crippen molar-refractivity contribution in [3.05, 3.63) is 71.4 Å². The van der Waals surface area contributed by atoms with Crippen molar-refractivity contribution < 1.29 is 0 Å². The highest BCUT2D eigenvalue weighted by Gasteiger charge is 2.05. The number of benzene rings is 2. The molecule has 0 amide bonds. The number of hydrogen-bond acceptors (Lipinski definition) is 2. The normalized spacial score (nSPS) is 10.7. The standard InChI is InChI=1S/C16H13ClN2S/c17-14-9-5-4-8-13(14)11-20-16-18-10-15(19-16)12-6-2-1-3-7-12/h1-10H,11H2,(H,18,19). The molecule has 100 valence electrons. The second kappa shape index (κ2) is 6.16. The van der Waals surface area contributed by atoms with Gasteiger partial charge in [-0.25, -0.2) is 4.98 Å². The molecule has 1 heterocycles. The summed E-state index contributed by atoms with van der Waals surface area (Å²) in [6.45, 7) is 0. The van der Waals surface area contributed by atoms with Crippen LogP contribution in [-0.2, 0) is 5.75 Å². The number of imidazole rings is 1. The molecule has 0 atom stereocenters. The zero-order valence-electron chi connectivity index (χ0n) is 10.7. The van der Waals surface area contributed by atoms with Gasteiger partial charge >= 0.3 is 0 Å². The van der Waals surface area contributed by atoms with Crippen molar-refractivity contribution in [3.63, 3.8) is 0 Å². The van der Waals surface area contributed by atoms with Crippen LogP contribution in [-0.4, -0.2) is 9.97 Å². The van der Waals surface area contributed by atoms with Crippen LogP contribution in [0.25, 0.3) is 11.3 Å². The summed E-state index contributed by atoms with van der Waals surface area (Å²) in [5.74, 6) is 0.807. The molecule has 0 saturated heterocycles. The fourth-order valence-electron chi connectivity index (χ4n) is 1.90. The fourth-order valence-corrected chi connectivity index (χ4v) is 3.04. The minimum atomic E-state index is 0.801. The molecular formula is C16H13ClN2S. The Morgan fingerprint density at radius 1 is 1.00 bits per heavy atom. The molecule has 0 radical (unpaired) electrons. The monoisotopic (exact) mass is 300 g/mol. The lowest BCUT2D eigenvalue weighted by Crippen LogP contribution is -1.83. The minimum absolute atomic E-state index is 0.801. The molecule has 0 unspecified atom stereocenters. The highest BCUT2D eigenvalue weighted by molar-refractivity contribution is 7.98. The molecule has 2 aromatic carbocycles. The van der Waals surface area contributed by atoms with Crippen LogP contribution < -0.4 is 0 Å². The van der Waals surface area contributed by atoms with Gasteiger partial charge in [-0.15, -0.1) is 0 Å². The summed E-state index contributed by atoms with van der Waals surface area (Å²) in [4.78, 5) is 7.73. The lowest BCUT2D eigenvalue weighted by molar-refractivity contribution is 1.06. The molecule has 3 aromatic rings. The largest absolute Gasteiger partial charge is 0.333 e. The van der Waals surface area contributed by atoms with Crippen LogP contribution in [0.3, 0.4) is 0 Å². The summed E-state index contributed by atoms with van der Waals surface area (Å²) < 4.78 is 0. The Bertz CT molecular complexity index is 694. The average molecular weight is 301 g/mol. The van der Waals surface area contributed by atoms with E-state index in [9.17, 15) is 0 Å². The summed E-state index contributed by atoms with van der Waals surface area (Å²) in [6.07, 6.45) is 1.87. The number of nitrogens with one attached hydrogen (secondary N) is 1. The number of aromatic nitrogens is 2. The van der Waals surface area contributed by atoms with E-state index in [0.717, 1.165) is 32.8 Å². The van der Waals surface area contributed by atoms with Crippen LogP contribution in [0.4, 0.5) is 0 Å². The van der Waals surface area contributed by atoms with Crippen LogP contribution in [0.2, 0.25) is 5.02 Å². The number of hydrogen-bond donors (Lipinski definition) is 1. The van der Waals surface area contributed by atoms with Crippen molar-refractivity contribution in [2.45, 2.75) is 10.9 Å². The first-order valence-electron chi connectivity index (χ1n) is 6.29. The molecule has 0 saturated carbocycles. The molecule has 0 fully saturated rings. The first kappa shape index (κ1) is 13.3. The first-order valence-corrected chi connectivity index (χ1v) is 7.66. The Morgan fingerprint density at radius 3 is 2.55 bits per heavy atom. The fraction of sp³-hybridized carbons (Fsp3) is 0.0625. The van der Waals surface area contributed by atoms with Crippen molar-refractivity contribution >= 4 is 23.4 Å². The lowest BCUT2D eigenvalue weighted by atomic mass is 10.2. The molecule has 0 aliphatic carbocycles. The summed E-state index contributed by atoms with van der Waals surface area (Å²) in [5.41, 5.74) is 3.30. The number of H-pyrrole nitrogens is 1. The third-order valence-electron chi connectivity index (χ3n) is 2.96. The number of thioether (sulfide) groups is 1. The van der Waals surface area contributed by atoms with Gasteiger partial charge in [-0.3, -0.25) is 0 Å². The van der Waals surface area contributed by atoms with Crippen molar-refractivity contribution in [1.82, 2.24) is 9.97 Å². The molecule has 0 bridgehead atoms. The van der Waals surface area contributed by atoms with Crippen molar-refractivity contribution in [3.8, 4) is 11.3 Å². The maximum Gasteiger partial charge on any atom is 0.166 e. The van der Waals surface area contributed by atoms with Gasteiger partial charge in [0.1, 0.15) is 0 Å². The van der Waals surface area contributed by atoms with Crippen molar-refractivity contribution in [2.24, 2.45) is 0 Å². The number of halogens is 1. The Labute approximate surface area is 127 Å². The molecule has 2 nitrogen and oxygen atoms in total. The Balaban J connectivity index is 1.71. The molecule has 4 heteroatoms. The van der Waals surface area contributed by atoms with Gasteiger partial charge in [0.05, 0.1) is 11.9 Å². The highest BCUT2D eigenvalue weighted by Crippen LogP contribution is 2.26. The van der Waals surface area contributed by atoms with Gasteiger partial charge in [-0.05, 0) is 17.2 Å². The highest BCUT2D eigenvalue weighted by atomic mass is 35.5. The number of aromatic amines is 1. The van der Waals surface area contributed by atoms with E-state index in [1.54, 1.807) is 11.8 Å². The Kier molecular flexibility index (Phi) is 4.09. The molecule has 1 N–H and O–H groups in total. The van der Waals surface area contributed by atoms with E-state index in [1.165, 1.54) is 0 Å². The smallest absolute Gasteiger partial charge is 0.166 e. The average Bonchev–Trinajstić information content (AvgIpc) is 2.96. The summed E-state index contributed by atoms with van der Waals surface area (Å²) in [6, 6.07) is 18.1. The molecule has 0 aliphatic rings. The van der Waals surface area contributed by atoms with Gasteiger partial charge in [0.2, 0.25) is 0 Å². The lowest BCUT2D eigenvalue weighted by Gasteiger charge is -2.01. The quantitative estimate of drug-likeness (QED) is 0.685. The molecular weight excluding hydrogens is 288 g/mol. The zero-order valence-corrected chi connectivity index (χ0v) is 12.3. The third kappa shape index (κ3) is 3.06. The van der Waals surface area contributed by atoms with Gasteiger partial charge in [0.15, 0.2) is 5.16 Å². The van der Waals surface area contributed by atoms with Crippen LogP contribution in [0.1, 0.15) is 5.56 Å². The molecule has 0 aliphatic heterocycles. The zero-order chi connectivity index (χ0) is 13.8. The van der Waals surface area contributed by atoms with Gasteiger partial charge in [-0.1, -0.05) is 71.9 Å². The van der Waals surface area contributed by atoms with Gasteiger partial charge in [-0.2, -0.15) is 0 Å². The van der Waals surface area contributed by atoms with E-state index < -0.39 is 0 Å². The predicted molar refractivity (Wildman–Crippen MR) is 85.0 cm³/mol. The maximum absolute atomic E-state index is 6.15. The van der Waals surface area contributed by atoms with Crippen LogP contribution >= 0.6 is 23.4 Å². The van der Waals surface area contributed by atoms with Crippen LogP contribution in [0.15, 0.2) is 66.0 Å². The molecule has 0 spiro atoms. The predicted octanol–water partition coefficient (Wildman–Crippen LogP) is 5.02. The van der Waals surface area contributed by atoms with Crippen LogP contribution in [0, 0.1) is 0 Å². The molecule has 3 rings (SSSR count). The van der Waals surface area contributed by atoms with E-state index in [-0.39, 0.29) is 0 Å². The molecule has 20 heavy (non-hydrogen) atoms. The van der Waals surface area contributed by atoms with Crippen molar-refractivity contribution in [2.75, 3.05) is 0 Å². The second-order valence-corrected chi connectivity index (χ2v) is 5.72. The minimum Gasteiger partial charge on any atom is -0.333 e. The summed E-state index contributed by atoms with van der Waals surface area (Å²) in [7, 11) is 0. The third-order valence-corrected chi connectivity index (χ3v) is 4.26. The number of rotatable bonds is 4. The number of nitrogens with zero attached hydrogens (tertiary/aromatic N) is 1. The second-order valence-electron chi connectivity index (χ2n) is 4.35. The van der Waals surface area contributed by atoms with Crippen molar-refractivity contribution in [1.29, 1.82) is 0 Å². The van der Waals surface area contributed by atoms with Crippen LogP contribution in [0.5, 0.6) is 0 Å². The van der Waals surface area contributed by atoms with Gasteiger partial charge in [0, 0.05) is 10.8 Å². The first-order chi connectivity index (χ1) is 9.83. The Hall–Kier alpha value is -1.71. The maximum atomic E-state index is 6.15. The van der Waals surface area contributed by atoms with E-state index in [1.807, 2.05) is 48.7 Å². The molecule has 1 aromatic heterocycles. The van der Waals surface area contributed by atoms with E-state index in [4.69, 9.17) is 11.6 Å². The van der Waals surface area contributed by atoms with E-state index in [2.05, 4.69) is 22.1 Å². The summed E-state index contributed by atoms with van der Waals surface area (Å²) >= 11 is 7.80. The van der Waals surface area contributed by atoms with E-state index in [0.29, 0.717) is 0 Å². The Morgan fingerprint density at radius 2 is 1.75 bits per heavy atom. The summed E-state index contributed by atoms with van der Waals surface area (Å²) in [5, 5.41) is 1.71. The van der Waals surface area contributed by atoms with Gasteiger partial charge in [0.25, 0.3) is 0 Å². The van der Waals surface area contributed by atoms with E-state index >= 15 is 0 Å².